The Kier molecular flexibility index (Phi) is 4.44. The molecule has 4 rings (SSSR count). The summed E-state index contributed by atoms with van der Waals surface area (Å²) in [4.78, 5) is 12.7. The summed E-state index contributed by atoms with van der Waals surface area (Å²) >= 11 is 0. The van der Waals surface area contributed by atoms with E-state index in [-0.39, 0.29) is 18.1 Å². The number of nitrogens with zero attached hydrogens (tertiary/aromatic N) is 4. The number of hydrogen-bond donors (Lipinski definition) is 1. The lowest BCUT2D eigenvalue weighted by Crippen LogP contribution is -2.45. The first-order chi connectivity index (χ1) is 12.2. The molecule has 2 aromatic rings. The van der Waals surface area contributed by atoms with Crippen LogP contribution in [-0.2, 0) is 18.3 Å². The predicted molar refractivity (Wildman–Crippen MR) is 89.3 cm³/mol. The molecule has 1 amide bonds. The maximum absolute atomic E-state index is 12.7. The Balaban J connectivity index is 1.38. The topological polar surface area (TPSA) is 83.2 Å². The van der Waals surface area contributed by atoms with Crippen LogP contribution in [0.4, 0.5) is 0 Å². The van der Waals surface area contributed by atoms with Crippen molar-refractivity contribution < 1.29 is 14.3 Å². The van der Waals surface area contributed by atoms with Gasteiger partial charge in [0, 0.05) is 19.8 Å². The van der Waals surface area contributed by atoms with Gasteiger partial charge in [0.05, 0.1) is 31.6 Å². The lowest BCUT2D eigenvalue weighted by molar-refractivity contribution is 0.0890. The van der Waals surface area contributed by atoms with Gasteiger partial charge in [0.15, 0.2) is 5.75 Å². The van der Waals surface area contributed by atoms with E-state index in [1.807, 2.05) is 11.7 Å². The first-order valence-electron chi connectivity index (χ1n) is 8.75. The molecule has 0 bridgehead atoms. The quantitative estimate of drug-likeness (QED) is 0.844. The minimum atomic E-state index is -0.226. The molecule has 0 aromatic carbocycles. The number of aryl methyl sites for hydroxylation is 1. The van der Waals surface area contributed by atoms with Gasteiger partial charge in [-0.05, 0) is 24.8 Å². The summed E-state index contributed by atoms with van der Waals surface area (Å²) in [5.74, 6) is 1.18. The molecule has 3 heterocycles. The molecular formula is C17H23N5O3. The van der Waals surface area contributed by atoms with Crippen molar-refractivity contribution in [3.8, 4) is 5.75 Å². The number of nitrogens with one attached hydrogen (secondary N) is 1. The lowest BCUT2D eigenvalue weighted by Gasteiger charge is -2.26. The molecule has 25 heavy (non-hydrogen) atoms. The van der Waals surface area contributed by atoms with Crippen LogP contribution in [0, 0.1) is 5.92 Å². The van der Waals surface area contributed by atoms with Gasteiger partial charge in [-0.1, -0.05) is 6.42 Å². The molecule has 2 fully saturated rings. The molecule has 0 radical (unpaired) electrons. The molecule has 134 valence electrons. The molecule has 2 aromatic heterocycles. The number of aromatic nitrogens is 4. The minimum Gasteiger partial charge on any atom is -0.482 e. The van der Waals surface area contributed by atoms with E-state index < -0.39 is 0 Å². The van der Waals surface area contributed by atoms with Gasteiger partial charge in [-0.25, -0.2) is 0 Å². The van der Waals surface area contributed by atoms with Crippen molar-refractivity contribution >= 4 is 5.91 Å². The maximum atomic E-state index is 12.7. The van der Waals surface area contributed by atoms with E-state index in [2.05, 4.69) is 15.5 Å². The van der Waals surface area contributed by atoms with Crippen molar-refractivity contribution in [1.29, 1.82) is 0 Å². The Morgan fingerprint density at radius 1 is 1.40 bits per heavy atom. The minimum absolute atomic E-state index is 0.132. The first-order valence-corrected chi connectivity index (χ1v) is 8.75. The van der Waals surface area contributed by atoms with Crippen LogP contribution in [0.1, 0.15) is 29.8 Å². The van der Waals surface area contributed by atoms with Crippen LogP contribution in [0.2, 0.25) is 0 Å². The van der Waals surface area contributed by atoms with Gasteiger partial charge < -0.3 is 14.8 Å². The summed E-state index contributed by atoms with van der Waals surface area (Å²) in [5, 5.41) is 11.4. The highest BCUT2D eigenvalue weighted by Crippen LogP contribution is 2.28. The predicted octanol–water partition coefficient (Wildman–Crippen LogP) is 0.993. The van der Waals surface area contributed by atoms with Gasteiger partial charge >= 0.3 is 0 Å². The Bertz CT molecular complexity index is 736. The van der Waals surface area contributed by atoms with Crippen molar-refractivity contribution in [2.75, 3.05) is 13.2 Å². The fraction of sp³-hybridized carbons (Fsp3) is 0.588. The highest BCUT2D eigenvalue weighted by atomic mass is 16.5. The number of ether oxygens (including phenoxy) is 2. The Hall–Kier alpha value is -2.35. The Morgan fingerprint density at radius 2 is 2.28 bits per heavy atom. The molecule has 8 nitrogen and oxygen atoms in total. The van der Waals surface area contributed by atoms with E-state index in [0.717, 1.165) is 6.54 Å². The van der Waals surface area contributed by atoms with Crippen LogP contribution >= 0.6 is 0 Å². The molecular weight excluding hydrogens is 322 g/mol. The fourth-order valence-corrected chi connectivity index (χ4v) is 3.25. The summed E-state index contributed by atoms with van der Waals surface area (Å²) in [7, 11) is 1.83. The van der Waals surface area contributed by atoms with Gasteiger partial charge in [0.2, 0.25) is 0 Å². The number of carbonyl (C=O) groups is 1. The second-order valence-corrected chi connectivity index (χ2v) is 6.82. The SMILES string of the molecule is Cn1cc(O[C@@H]2COC[C@@H]2NC(=O)c2ccnn2CC2CCC2)cn1. The number of carbonyl (C=O) groups excluding carboxylic acids is 1. The first kappa shape index (κ1) is 16.1. The van der Waals surface area contributed by atoms with Crippen molar-refractivity contribution in [3.05, 3.63) is 30.4 Å². The average Bonchev–Trinajstić information content (AvgIpc) is 3.26. The van der Waals surface area contributed by atoms with Crippen molar-refractivity contribution in [3.63, 3.8) is 0 Å². The van der Waals surface area contributed by atoms with Crippen LogP contribution < -0.4 is 10.1 Å². The van der Waals surface area contributed by atoms with Crippen LogP contribution in [0.25, 0.3) is 0 Å². The molecule has 2 atom stereocenters. The van der Waals surface area contributed by atoms with E-state index >= 15 is 0 Å². The summed E-state index contributed by atoms with van der Waals surface area (Å²) in [5.41, 5.74) is 0.596. The summed E-state index contributed by atoms with van der Waals surface area (Å²) in [6.07, 6.45) is 8.63. The average molecular weight is 345 g/mol. The highest BCUT2D eigenvalue weighted by Gasteiger charge is 2.32. The second kappa shape index (κ2) is 6.87. The van der Waals surface area contributed by atoms with E-state index in [1.54, 1.807) is 29.3 Å². The normalized spacial score (nSPS) is 23.4. The Labute approximate surface area is 146 Å². The molecule has 8 heteroatoms. The fourth-order valence-electron chi connectivity index (χ4n) is 3.25. The van der Waals surface area contributed by atoms with Gasteiger partial charge in [0.1, 0.15) is 11.8 Å². The molecule has 2 aliphatic rings. The largest absolute Gasteiger partial charge is 0.482 e. The van der Waals surface area contributed by atoms with Crippen LogP contribution in [0.3, 0.4) is 0 Å². The highest BCUT2D eigenvalue weighted by molar-refractivity contribution is 5.92. The van der Waals surface area contributed by atoms with Crippen molar-refractivity contribution in [2.24, 2.45) is 13.0 Å². The van der Waals surface area contributed by atoms with Gasteiger partial charge in [0.25, 0.3) is 5.91 Å². The molecule has 0 spiro atoms. The molecule has 1 saturated carbocycles. The zero-order valence-electron chi connectivity index (χ0n) is 14.3. The summed E-state index contributed by atoms with van der Waals surface area (Å²) in [6.45, 7) is 1.70. The van der Waals surface area contributed by atoms with E-state index in [4.69, 9.17) is 9.47 Å². The molecule has 1 aliphatic heterocycles. The summed E-state index contributed by atoms with van der Waals surface area (Å²) < 4.78 is 14.9. The number of amides is 1. The molecule has 0 unspecified atom stereocenters. The Morgan fingerprint density at radius 3 is 3.00 bits per heavy atom. The zero-order valence-corrected chi connectivity index (χ0v) is 14.3. The standard InChI is InChI=1S/C17H23N5O3/c1-21-9-13(7-19-21)25-16-11-24-10-14(16)20-17(23)15-5-6-18-22(15)8-12-3-2-4-12/h5-7,9,12,14,16H,2-4,8,10-11H2,1H3,(H,20,23)/t14-,16+/m0/s1. The van der Waals surface area contributed by atoms with Gasteiger partial charge in [-0.2, -0.15) is 10.2 Å². The third kappa shape index (κ3) is 3.53. The van der Waals surface area contributed by atoms with E-state index in [1.165, 1.54) is 19.3 Å². The molecule has 1 saturated heterocycles. The van der Waals surface area contributed by atoms with E-state index in [9.17, 15) is 4.79 Å². The lowest BCUT2D eigenvalue weighted by atomic mass is 9.85. The summed E-state index contributed by atoms with van der Waals surface area (Å²) in [6, 6.07) is 1.57. The molecule has 1 aliphatic carbocycles. The van der Waals surface area contributed by atoms with E-state index in [0.29, 0.717) is 30.6 Å². The second-order valence-electron chi connectivity index (χ2n) is 6.82. The van der Waals surface area contributed by atoms with Gasteiger partial charge in [-0.3, -0.25) is 14.2 Å². The van der Waals surface area contributed by atoms with Crippen molar-refractivity contribution in [2.45, 2.75) is 38.0 Å². The van der Waals surface area contributed by atoms with Crippen LogP contribution in [0.5, 0.6) is 5.75 Å². The number of rotatable bonds is 6. The van der Waals surface area contributed by atoms with Gasteiger partial charge in [-0.15, -0.1) is 0 Å². The zero-order chi connectivity index (χ0) is 17.2. The third-order valence-electron chi connectivity index (χ3n) is 4.92. The number of hydrogen-bond acceptors (Lipinski definition) is 5. The molecule has 1 N–H and O–H groups in total. The van der Waals surface area contributed by atoms with Crippen LogP contribution in [-0.4, -0.2) is 50.8 Å². The van der Waals surface area contributed by atoms with Crippen molar-refractivity contribution in [1.82, 2.24) is 24.9 Å². The maximum Gasteiger partial charge on any atom is 0.269 e. The monoisotopic (exact) mass is 345 g/mol. The third-order valence-corrected chi connectivity index (χ3v) is 4.92. The van der Waals surface area contributed by atoms with Crippen LogP contribution in [0.15, 0.2) is 24.7 Å². The smallest absolute Gasteiger partial charge is 0.269 e.